The lowest BCUT2D eigenvalue weighted by molar-refractivity contribution is -0.908. The van der Waals surface area contributed by atoms with Gasteiger partial charge in [-0.15, -0.1) is 0 Å². The fourth-order valence-electron chi connectivity index (χ4n) is 4.60. The van der Waals surface area contributed by atoms with Gasteiger partial charge in [-0.2, -0.15) is 9.10 Å². The molecule has 2 heterocycles. The fraction of sp³-hybridized carbons (Fsp3) is 0.682. The fourth-order valence-corrected chi connectivity index (χ4v) is 5.42. The number of carbonyl (C=O) groups is 1. The van der Waals surface area contributed by atoms with Crippen molar-refractivity contribution in [2.24, 2.45) is 0 Å². The molecule has 0 radical (unpaired) electrons. The van der Waals surface area contributed by atoms with Crippen LogP contribution in [0.5, 0.6) is 5.75 Å². The minimum atomic E-state index is -3.11. The van der Waals surface area contributed by atoms with Gasteiger partial charge in [-0.3, -0.25) is 4.90 Å². The van der Waals surface area contributed by atoms with Crippen LogP contribution in [0.1, 0.15) is 39.2 Å². The SMILES string of the molecule is CC(C)(C)[N+]1(C(=O)O)CCC(Oc2ccc(CN3CCN(S(C)(=O)=O)CC3)cc2)CC1. The van der Waals surface area contributed by atoms with E-state index in [-0.39, 0.29) is 16.1 Å². The van der Waals surface area contributed by atoms with Gasteiger partial charge in [0.25, 0.3) is 0 Å². The molecule has 1 aromatic carbocycles. The van der Waals surface area contributed by atoms with Crippen molar-refractivity contribution >= 4 is 16.1 Å². The first-order valence-electron chi connectivity index (χ1n) is 10.9. The summed E-state index contributed by atoms with van der Waals surface area (Å²) in [7, 11) is -3.11. The second kappa shape index (κ2) is 9.05. The standard InChI is InChI=1S/C22H35N3O5S/c1-22(2,3)25(21(26)27)15-9-20(10-16-25)30-19-7-5-18(6-8-19)17-23-11-13-24(14-12-23)31(4,28)29/h5-8,20H,9-17H2,1-4H3/p+1. The lowest BCUT2D eigenvalue weighted by Crippen LogP contribution is -2.66. The Labute approximate surface area is 186 Å². The number of benzene rings is 1. The molecule has 2 aliphatic heterocycles. The normalized spacial score (nSPS) is 26.5. The van der Waals surface area contributed by atoms with E-state index in [0.29, 0.717) is 26.2 Å². The molecule has 3 rings (SSSR count). The first kappa shape index (κ1) is 24.0. The van der Waals surface area contributed by atoms with Crippen LogP contribution < -0.4 is 4.74 Å². The average molecular weight is 455 g/mol. The van der Waals surface area contributed by atoms with Crippen molar-refractivity contribution in [1.29, 1.82) is 0 Å². The molecule has 174 valence electrons. The Bertz CT molecular complexity index is 863. The first-order chi connectivity index (χ1) is 14.4. The number of sulfonamides is 1. The van der Waals surface area contributed by atoms with Crippen molar-refractivity contribution in [3.8, 4) is 5.75 Å². The molecule has 2 saturated heterocycles. The van der Waals surface area contributed by atoms with Crippen molar-refractivity contribution in [2.45, 2.75) is 51.8 Å². The zero-order valence-electron chi connectivity index (χ0n) is 19.1. The van der Waals surface area contributed by atoms with Gasteiger partial charge in [0.1, 0.15) is 17.4 Å². The van der Waals surface area contributed by atoms with Crippen LogP contribution in [-0.2, 0) is 16.6 Å². The highest BCUT2D eigenvalue weighted by molar-refractivity contribution is 7.88. The molecule has 2 fully saturated rings. The highest BCUT2D eigenvalue weighted by atomic mass is 32.2. The highest BCUT2D eigenvalue weighted by Gasteiger charge is 2.50. The van der Waals surface area contributed by atoms with Crippen LogP contribution in [0.4, 0.5) is 4.79 Å². The molecular formula is C22H36N3O5S+. The second-order valence-corrected chi connectivity index (χ2v) is 11.8. The number of piperidine rings is 1. The number of likely N-dealkylation sites (tertiary alicyclic amines) is 1. The van der Waals surface area contributed by atoms with Crippen LogP contribution in [0.2, 0.25) is 0 Å². The molecule has 31 heavy (non-hydrogen) atoms. The number of piperazine rings is 1. The zero-order valence-corrected chi connectivity index (χ0v) is 19.9. The first-order valence-corrected chi connectivity index (χ1v) is 12.8. The maximum Gasteiger partial charge on any atom is 0.513 e. The number of nitrogens with zero attached hydrogens (tertiary/aromatic N) is 3. The summed E-state index contributed by atoms with van der Waals surface area (Å²) in [6, 6.07) is 8.04. The summed E-state index contributed by atoms with van der Waals surface area (Å²) in [6.45, 7) is 10.4. The van der Waals surface area contributed by atoms with E-state index < -0.39 is 16.1 Å². The van der Waals surface area contributed by atoms with Crippen molar-refractivity contribution in [1.82, 2.24) is 9.21 Å². The molecule has 1 amide bonds. The molecule has 9 heteroatoms. The molecule has 1 N–H and O–H groups in total. The van der Waals surface area contributed by atoms with E-state index in [1.165, 1.54) is 10.6 Å². The van der Waals surface area contributed by atoms with Crippen molar-refractivity contribution in [2.75, 3.05) is 45.5 Å². The van der Waals surface area contributed by atoms with Gasteiger partial charge in [-0.25, -0.2) is 12.9 Å². The van der Waals surface area contributed by atoms with Crippen molar-refractivity contribution in [3.05, 3.63) is 29.8 Å². The molecule has 0 aromatic heterocycles. The van der Waals surface area contributed by atoms with Crippen LogP contribution in [0.15, 0.2) is 24.3 Å². The van der Waals surface area contributed by atoms with E-state index in [9.17, 15) is 18.3 Å². The van der Waals surface area contributed by atoms with Gasteiger partial charge >= 0.3 is 6.09 Å². The zero-order chi connectivity index (χ0) is 22.9. The van der Waals surface area contributed by atoms with Crippen LogP contribution >= 0.6 is 0 Å². The Hall–Kier alpha value is -1.68. The van der Waals surface area contributed by atoms with E-state index in [0.717, 1.165) is 43.8 Å². The van der Waals surface area contributed by atoms with Crippen LogP contribution in [-0.4, -0.2) is 90.5 Å². The van der Waals surface area contributed by atoms with E-state index in [2.05, 4.69) is 4.90 Å². The molecule has 8 nitrogen and oxygen atoms in total. The summed E-state index contributed by atoms with van der Waals surface area (Å²) in [4.78, 5) is 14.2. The summed E-state index contributed by atoms with van der Waals surface area (Å²) in [6.07, 6.45) is 1.97. The van der Waals surface area contributed by atoms with Gasteiger partial charge < -0.3 is 9.84 Å². The maximum atomic E-state index is 12.0. The largest absolute Gasteiger partial charge is 0.513 e. The van der Waals surface area contributed by atoms with Gasteiger partial charge in [0.05, 0.1) is 19.3 Å². The molecule has 0 saturated carbocycles. The predicted molar refractivity (Wildman–Crippen MR) is 120 cm³/mol. The molecule has 0 atom stereocenters. The number of amides is 1. The second-order valence-electron chi connectivity index (χ2n) is 9.77. The van der Waals surface area contributed by atoms with Gasteiger partial charge in [0.15, 0.2) is 0 Å². The Morgan fingerprint density at radius 1 is 1.10 bits per heavy atom. The Kier molecular flexibility index (Phi) is 7.00. The summed E-state index contributed by atoms with van der Waals surface area (Å²) >= 11 is 0. The van der Waals surface area contributed by atoms with Gasteiger partial charge in [-0.05, 0) is 38.5 Å². The Morgan fingerprint density at radius 3 is 2.10 bits per heavy atom. The summed E-state index contributed by atoms with van der Waals surface area (Å²) in [5.74, 6) is 0.807. The quantitative estimate of drug-likeness (QED) is 0.688. The Balaban J connectivity index is 1.50. The number of hydrogen-bond acceptors (Lipinski definition) is 5. The van der Waals surface area contributed by atoms with Crippen LogP contribution in [0.3, 0.4) is 0 Å². The van der Waals surface area contributed by atoms with Crippen LogP contribution in [0.25, 0.3) is 0 Å². The minimum absolute atomic E-state index is 0.0304. The van der Waals surface area contributed by atoms with Gasteiger partial charge in [-0.1, -0.05) is 12.1 Å². The molecule has 0 aliphatic carbocycles. The lowest BCUT2D eigenvalue weighted by Gasteiger charge is -2.47. The highest BCUT2D eigenvalue weighted by Crippen LogP contribution is 2.32. The molecule has 0 spiro atoms. The lowest BCUT2D eigenvalue weighted by atomic mass is 9.95. The molecule has 0 bridgehead atoms. The number of carboxylic acid groups (broad SMARTS) is 1. The third kappa shape index (κ3) is 5.58. The predicted octanol–water partition coefficient (Wildman–Crippen LogP) is 2.60. The molecule has 2 aliphatic rings. The molecule has 1 aromatic rings. The topological polar surface area (TPSA) is 87.2 Å². The number of rotatable bonds is 5. The van der Waals surface area contributed by atoms with E-state index in [4.69, 9.17) is 4.74 Å². The molecular weight excluding hydrogens is 418 g/mol. The summed E-state index contributed by atoms with van der Waals surface area (Å²) < 4.78 is 31.0. The minimum Gasteiger partial charge on any atom is -0.490 e. The smallest absolute Gasteiger partial charge is 0.490 e. The monoisotopic (exact) mass is 454 g/mol. The summed E-state index contributed by atoms with van der Waals surface area (Å²) in [5.41, 5.74) is 0.823. The third-order valence-corrected chi connectivity index (χ3v) is 8.05. The number of hydrogen-bond donors (Lipinski definition) is 1. The van der Waals surface area contributed by atoms with Gasteiger partial charge in [0, 0.05) is 45.6 Å². The van der Waals surface area contributed by atoms with E-state index >= 15 is 0 Å². The van der Waals surface area contributed by atoms with Gasteiger partial charge in [0.2, 0.25) is 10.0 Å². The van der Waals surface area contributed by atoms with Crippen molar-refractivity contribution in [3.63, 3.8) is 0 Å². The number of ether oxygens (including phenoxy) is 1. The maximum absolute atomic E-state index is 12.0. The van der Waals surface area contributed by atoms with E-state index in [1.54, 1.807) is 0 Å². The van der Waals surface area contributed by atoms with E-state index in [1.807, 2.05) is 45.0 Å². The average Bonchev–Trinajstić information content (AvgIpc) is 2.69. The summed E-state index contributed by atoms with van der Waals surface area (Å²) in [5, 5.41) is 9.81. The van der Waals surface area contributed by atoms with Crippen LogP contribution in [0, 0.1) is 0 Å². The number of quaternary nitrogens is 1. The molecule has 0 unspecified atom stereocenters. The Morgan fingerprint density at radius 2 is 1.65 bits per heavy atom. The van der Waals surface area contributed by atoms with Crippen molar-refractivity contribution < 1.29 is 27.5 Å². The third-order valence-electron chi connectivity index (χ3n) is 6.75.